The van der Waals surface area contributed by atoms with Gasteiger partial charge in [-0.2, -0.15) is 0 Å². The van der Waals surface area contributed by atoms with E-state index in [2.05, 4.69) is 78.0 Å². The molecule has 1 atom stereocenters. The Bertz CT molecular complexity index is 675. The van der Waals surface area contributed by atoms with E-state index in [0.29, 0.717) is 13.3 Å². The van der Waals surface area contributed by atoms with Gasteiger partial charge in [0.25, 0.3) is 0 Å². The Morgan fingerprint density at radius 3 is 2.75 bits per heavy atom. The highest BCUT2D eigenvalue weighted by molar-refractivity contribution is 9.10. The summed E-state index contributed by atoms with van der Waals surface area (Å²) >= 11 is 3.66. The Morgan fingerprint density at radius 1 is 1.33 bits per heavy atom. The first-order chi connectivity index (χ1) is 11.3. The van der Waals surface area contributed by atoms with Gasteiger partial charge >= 0.3 is 0 Å². The number of hydrogen-bond donors (Lipinski definition) is 0. The highest BCUT2D eigenvalue weighted by Crippen LogP contribution is 2.35. The van der Waals surface area contributed by atoms with Crippen LogP contribution in [-0.2, 0) is 16.7 Å². The summed E-state index contributed by atoms with van der Waals surface area (Å²) in [6.45, 7) is 10.9. The first-order valence-corrected chi connectivity index (χ1v) is 9.33. The lowest BCUT2D eigenvalue weighted by molar-refractivity contribution is 0.0739. The van der Waals surface area contributed by atoms with Crippen molar-refractivity contribution in [1.29, 1.82) is 0 Å². The number of hydrogen-bond acceptors (Lipinski definition) is 3. The molecule has 0 bridgehead atoms. The number of halogens is 1. The van der Waals surface area contributed by atoms with Gasteiger partial charge < -0.3 is 14.4 Å². The van der Waals surface area contributed by atoms with E-state index in [1.165, 1.54) is 16.8 Å². The molecule has 4 heteroatoms. The van der Waals surface area contributed by atoms with Gasteiger partial charge in [-0.1, -0.05) is 32.9 Å². The third kappa shape index (κ3) is 3.70. The lowest BCUT2D eigenvalue weighted by Crippen LogP contribution is -2.33. The van der Waals surface area contributed by atoms with Gasteiger partial charge in [-0.25, -0.2) is 0 Å². The average molecular weight is 392 g/mol. The molecule has 1 unspecified atom stereocenters. The van der Waals surface area contributed by atoms with Gasteiger partial charge in [0.1, 0.15) is 10.3 Å². The van der Waals surface area contributed by atoms with Gasteiger partial charge in [-0.3, -0.25) is 0 Å². The molecule has 0 saturated heterocycles. The van der Waals surface area contributed by atoms with E-state index in [0.717, 1.165) is 18.7 Å². The molecule has 0 saturated carbocycles. The van der Waals surface area contributed by atoms with E-state index in [1.54, 1.807) is 0 Å². The summed E-state index contributed by atoms with van der Waals surface area (Å²) in [4.78, 5) is 2.27. The highest BCUT2D eigenvalue weighted by Gasteiger charge is 2.28. The van der Waals surface area contributed by atoms with Crippen LogP contribution in [0.1, 0.15) is 45.2 Å². The number of nitrogens with zero attached hydrogens (tertiary/aromatic N) is 1. The van der Waals surface area contributed by atoms with Crippen LogP contribution in [0.5, 0.6) is 5.75 Å². The van der Waals surface area contributed by atoms with E-state index in [1.807, 2.05) is 6.92 Å². The van der Waals surface area contributed by atoms with Crippen molar-refractivity contribution in [3.8, 4) is 5.75 Å². The number of fused-ring (bicyclic) bond motifs is 1. The first kappa shape index (κ1) is 17.6. The smallest absolute Gasteiger partial charge is 0.161 e. The molecule has 2 aliphatic rings. The van der Waals surface area contributed by atoms with Gasteiger partial charge in [0.2, 0.25) is 0 Å². The number of alkyl halides is 1. The van der Waals surface area contributed by atoms with Crippen LogP contribution in [-0.4, -0.2) is 22.7 Å². The molecule has 1 heterocycles. The molecule has 3 rings (SSSR count). The van der Waals surface area contributed by atoms with Crippen molar-refractivity contribution < 1.29 is 9.47 Å². The van der Waals surface area contributed by atoms with Crippen molar-refractivity contribution in [3.05, 3.63) is 53.3 Å². The minimum atomic E-state index is -0.362. The zero-order valence-electron chi connectivity index (χ0n) is 14.9. The van der Waals surface area contributed by atoms with Gasteiger partial charge in [0.05, 0.1) is 0 Å². The van der Waals surface area contributed by atoms with E-state index in [4.69, 9.17) is 9.47 Å². The predicted molar refractivity (Wildman–Crippen MR) is 101 cm³/mol. The van der Waals surface area contributed by atoms with Crippen molar-refractivity contribution in [2.24, 2.45) is 0 Å². The molecule has 0 spiro atoms. The van der Waals surface area contributed by atoms with Crippen molar-refractivity contribution in [1.82, 2.24) is 4.90 Å². The van der Waals surface area contributed by atoms with E-state index >= 15 is 0 Å². The minimum Gasteiger partial charge on any atom is -0.473 e. The fourth-order valence-corrected chi connectivity index (χ4v) is 3.57. The molecule has 1 aromatic rings. The zero-order valence-corrected chi connectivity index (χ0v) is 16.5. The third-order valence-electron chi connectivity index (χ3n) is 4.51. The predicted octanol–water partition coefficient (Wildman–Crippen LogP) is 5.11. The van der Waals surface area contributed by atoms with Crippen LogP contribution >= 0.6 is 15.9 Å². The molecule has 130 valence electrons. The van der Waals surface area contributed by atoms with Crippen LogP contribution < -0.4 is 4.74 Å². The van der Waals surface area contributed by atoms with Crippen LogP contribution in [0, 0.1) is 0 Å². The molecule has 0 N–H and O–H groups in total. The van der Waals surface area contributed by atoms with Crippen molar-refractivity contribution in [2.45, 2.75) is 50.6 Å². The molecule has 1 aliphatic carbocycles. The number of ether oxygens (including phenoxy) is 2. The van der Waals surface area contributed by atoms with E-state index in [-0.39, 0.29) is 9.93 Å². The maximum absolute atomic E-state index is 5.96. The second kappa shape index (κ2) is 6.57. The van der Waals surface area contributed by atoms with Crippen molar-refractivity contribution >= 4 is 15.9 Å². The van der Waals surface area contributed by atoms with Crippen LogP contribution in [0.15, 0.2) is 42.1 Å². The molecular weight excluding hydrogens is 366 g/mol. The summed E-state index contributed by atoms with van der Waals surface area (Å²) in [6.07, 6.45) is 7.24. The van der Waals surface area contributed by atoms with E-state index in [9.17, 15) is 0 Å². The fraction of sp³-hybridized carbons (Fsp3) is 0.500. The van der Waals surface area contributed by atoms with Crippen LogP contribution in [0.25, 0.3) is 0 Å². The lowest BCUT2D eigenvalue weighted by atomic mass is 9.86. The van der Waals surface area contributed by atoms with Crippen LogP contribution in [0.4, 0.5) is 0 Å². The van der Waals surface area contributed by atoms with Crippen LogP contribution in [0.2, 0.25) is 0 Å². The average Bonchev–Trinajstić information content (AvgIpc) is 2.54. The standard InChI is InChI=1S/C20H26BrNO2/c1-5-24-20(21)10-8-17(9-11-20)22-13-15-12-16(19(2,3)4)6-7-18(15)23-14-22/h6-10,12H,5,11,13-14H2,1-4H3. The Hall–Kier alpha value is -1.26. The van der Waals surface area contributed by atoms with Crippen LogP contribution in [0.3, 0.4) is 0 Å². The van der Waals surface area contributed by atoms with Gasteiger partial charge in [0.15, 0.2) is 6.73 Å². The highest BCUT2D eigenvalue weighted by atomic mass is 79.9. The molecule has 0 fully saturated rings. The maximum Gasteiger partial charge on any atom is 0.161 e. The summed E-state index contributed by atoms with van der Waals surface area (Å²) in [7, 11) is 0. The quantitative estimate of drug-likeness (QED) is 0.668. The summed E-state index contributed by atoms with van der Waals surface area (Å²) in [6, 6.07) is 6.57. The summed E-state index contributed by atoms with van der Waals surface area (Å²) in [5, 5.41) is 0. The van der Waals surface area contributed by atoms with Gasteiger partial charge in [-0.05, 0) is 58.1 Å². The SMILES string of the molecule is CCOC1(Br)C=CC(N2COc3ccc(C(C)(C)C)cc3C2)=CC1. The number of benzene rings is 1. The zero-order chi connectivity index (χ0) is 17.4. The molecule has 1 aromatic carbocycles. The largest absolute Gasteiger partial charge is 0.473 e. The van der Waals surface area contributed by atoms with E-state index < -0.39 is 0 Å². The summed E-state index contributed by atoms with van der Waals surface area (Å²) in [5.74, 6) is 1.00. The first-order valence-electron chi connectivity index (χ1n) is 8.54. The normalized spacial score (nSPS) is 23.5. The summed E-state index contributed by atoms with van der Waals surface area (Å²) < 4.78 is 11.4. The van der Waals surface area contributed by atoms with Gasteiger partial charge in [0, 0.05) is 30.8 Å². The Morgan fingerprint density at radius 2 is 2.12 bits per heavy atom. The molecule has 3 nitrogen and oxygen atoms in total. The van der Waals surface area contributed by atoms with Crippen molar-refractivity contribution in [2.75, 3.05) is 13.3 Å². The van der Waals surface area contributed by atoms with Gasteiger partial charge in [-0.15, -0.1) is 0 Å². The lowest BCUT2D eigenvalue weighted by Gasteiger charge is -2.35. The number of rotatable bonds is 3. The summed E-state index contributed by atoms with van der Waals surface area (Å²) in [5.41, 5.74) is 3.93. The second-order valence-electron chi connectivity index (χ2n) is 7.43. The topological polar surface area (TPSA) is 21.7 Å². The number of allylic oxidation sites excluding steroid dienone is 1. The Labute approximate surface area is 153 Å². The Balaban J connectivity index is 1.76. The maximum atomic E-state index is 5.96. The molecule has 24 heavy (non-hydrogen) atoms. The minimum absolute atomic E-state index is 0.147. The Kier molecular flexibility index (Phi) is 4.80. The fourth-order valence-electron chi connectivity index (χ4n) is 3.05. The second-order valence-corrected chi connectivity index (χ2v) is 8.77. The monoisotopic (exact) mass is 391 g/mol. The van der Waals surface area contributed by atoms with Crippen molar-refractivity contribution in [3.63, 3.8) is 0 Å². The molecular formula is C20H26BrNO2. The third-order valence-corrected chi connectivity index (χ3v) is 5.32. The molecule has 0 aromatic heterocycles. The molecule has 0 amide bonds. The molecule has 0 radical (unpaired) electrons. The molecule has 1 aliphatic heterocycles.